The number of amides is 1. The summed E-state index contributed by atoms with van der Waals surface area (Å²) >= 11 is 0. The van der Waals surface area contributed by atoms with Crippen LogP contribution in [0, 0.1) is 20.8 Å². The van der Waals surface area contributed by atoms with E-state index < -0.39 is 0 Å². The molecule has 1 aromatic heterocycles. The Labute approximate surface area is 106 Å². The van der Waals surface area contributed by atoms with Crippen molar-refractivity contribution < 1.29 is 4.79 Å². The Morgan fingerprint density at radius 1 is 1.22 bits per heavy atom. The van der Waals surface area contributed by atoms with Crippen molar-refractivity contribution in [3.05, 3.63) is 46.6 Å². The van der Waals surface area contributed by atoms with Gasteiger partial charge >= 0.3 is 0 Å². The summed E-state index contributed by atoms with van der Waals surface area (Å²) in [4.78, 5) is 11.9. The first-order valence-corrected chi connectivity index (χ1v) is 5.93. The van der Waals surface area contributed by atoms with Gasteiger partial charge in [-0.1, -0.05) is 29.8 Å². The first kappa shape index (κ1) is 12.4. The highest BCUT2D eigenvalue weighted by molar-refractivity contribution is 5.92. The molecule has 0 saturated carbocycles. The van der Waals surface area contributed by atoms with Gasteiger partial charge in [0.1, 0.15) is 0 Å². The lowest BCUT2D eigenvalue weighted by atomic mass is 10.1. The maximum atomic E-state index is 11.9. The van der Waals surface area contributed by atoms with Crippen LogP contribution in [-0.4, -0.2) is 16.1 Å². The minimum absolute atomic E-state index is 0.0477. The first-order valence-electron chi connectivity index (χ1n) is 5.93. The molecule has 0 bridgehead atoms. The number of hydrogen-bond donors (Lipinski definition) is 2. The van der Waals surface area contributed by atoms with Crippen LogP contribution in [0.3, 0.4) is 0 Å². The fourth-order valence-corrected chi connectivity index (χ4v) is 1.67. The second kappa shape index (κ2) is 5.04. The van der Waals surface area contributed by atoms with E-state index in [1.165, 1.54) is 5.56 Å². The Kier molecular flexibility index (Phi) is 3.46. The molecule has 2 aromatic rings. The third kappa shape index (κ3) is 2.77. The third-order valence-corrected chi connectivity index (χ3v) is 3.00. The van der Waals surface area contributed by atoms with Crippen molar-refractivity contribution in [2.75, 3.05) is 5.32 Å². The number of aryl methyl sites for hydroxylation is 2. The number of hydrogen-bond acceptors (Lipinski definition) is 2. The van der Waals surface area contributed by atoms with Crippen LogP contribution in [0.2, 0.25) is 0 Å². The topological polar surface area (TPSA) is 57.8 Å². The molecule has 1 heterocycles. The number of anilines is 1. The number of carbonyl (C=O) groups is 1. The number of aromatic nitrogens is 2. The fraction of sp³-hybridized carbons (Fsp3) is 0.286. The van der Waals surface area contributed by atoms with Gasteiger partial charge in [0.15, 0.2) is 5.82 Å². The van der Waals surface area contributed by atoms with Crippen molar-refractivity contribution in [1.82, 2.24) is 10.2 Å². The maximum absolute atomic E-state index is 11.9. The fourth-order valence-electron chi connectivity index (χ4n) is 1.67. The van der Waals surface area contributed by atoms with Crippen LogP contribution in [0.25, 0.3) is 0 Å². The maximum Gasteiger partial charge on any atom is 0.230 e. The zero-order chi connectivity index (χ0) is 13.1. The normalized spacial score (nSPS) is 10.4. The number of H-pyrrole nitrogens is 1. The minimum atomic E-state index is -0.0477. The number of nitrogens with zero attached hydrogens (tertiary/aromatic N) is 1. The molecule has 0 aliphatic heterocycles. The molecule has 0 spiro atoms. The van der Waals surface area contributed by atoms with Crippen molar-refractivity contribution in [2.24, 2.45) is 0 Å². The average molecular weight is 243 g/mol. The number of benzene rings is 1. The molecule has 2 N–H and O–H groups in total. The van der Waals surface area contributed by atoms with E-state index in [2.05, 4.69) is 15.5 Å². The molecule has 0 unspecified atom stereocenters. The molecule has 0 aliphatic carbocycles. The molecule has 1 amide bonds. The van der Waals surface area contributed by atoms with Crippen molar-refractivity contribution in [3.8, 4) is 0 Å². The molecule has 0 radical (unpaired) electrons. The van der Waals surface area contributed by atoms with Crippen LogP contribution in [-0.2, 0) is 11.2 Å². The lowest BCUT2D eigenvalue weighted by Gasteiger charge is -2.04. The average Bonchev–Trinajstić information content (AvgIpc) is 2.64. The summed E-state index contributed by atoms with van der Waals surface area (Å²) in [5, 5.41) is 9.72. The molecule has 4 nitrogen and oxygen atoms in total. The highest BCUT2D eigenvalue weighted by Gasteiger charge is 2.09. The summed E-state index contributed by atoms with van der Waals surface area (Å²) in [6.45, 7) is 5.89. The van der Waals surface area contributed by atoms with Crippen molar-refractivity contribution in [2.45, 2.75) is 27.2 Å². The number of nitrogens with one attached hydrogen (secondary N) is 2. The van der Waals surface area contributed by atoms with E-state index in [-0.39, 0.29) is 5.91 Å². The zero-order valence-electron chi connectivity index (χ0n) is 10.9. The van der Waals surface area contributed by atoms with Crippen LogP contribution in [0.15, 0.2) is 24.3 Å². The summed E-state index contributed by atoms with van der Waals surface area (Å²) in [6, 6.07) is 7.95. The summed E-state index contributed by atoms with van der Waals surface area (Å²) in [5.41, 5.74) is 4.15. The molecule has 0 atom stereocenters. The Morgan fingerprint density at radius 2 is 1.89 bits per heavy atom. The Morgan fingerprint density at radius 3 is 2.44 bits per heavy atom. The standard InChI is InChI=1S/C14H17N3O/c1-9-4-6-12(7-5-9)8-13(18)15-14-10(2)11(3)16-17-14/h4-7H,8H2,1-3H3,(H2,15,16,17,18). The largest absolute Gasteiger partial charge is 0.309 e. The minimum Gasteiger partial charge on any atom is -0.309 e. The number of aromatic amines is 1. The number of carbonyl (C=O) groups excluding carboxylic acids is 1. The van der Waals surface area contributed by atoms with Crippen LogP contribution >= 0.6 is 0 Å². The summed E-state index contributed by atoms with van der Waals surface area (Å²) in [5.74, 6) is 0.568. The van der Waals surface area contributed by atoms with Gasteiger partial charge in [-0.2, -0.15) is 5.10 Å². The zero-order valence-corrected chi connectivity index (χ0v) is 10.9. The summed E-state index contributed by atoms with van der Waals surface area (Å²) < 4.78 is 0. The molecule has 18 heavy (non-hydrogen) atoms. The van der Waals surface area contributed by atoms with Gasteiger partial charge in [-0.05, 0) is 26.3 Å². The van der Waals surface area contributed by atoms with Gasteiger partial charge in [-0.15, -0.1) is 0 Å². The van der Waals surface area contributed by atoms with Gasteiger partial charge in [0.25, 0.3) is 0 Å². The van der Waals surface area contributed by atoms with Crippen molar-refractivity contribution >= 4 is 11.7 Å². The Hall–Kier alpha value is -2.10. The summed E-state index contributed by atoms with van der Waals surface area (Å²) in [6.07, 6.45) is 0.367. The predicted octanol–water partition coefficient (Wildman–Crippen LogP) is 2.52. The molecule has 4 heteroatoms. The van der Waals surface area contributed by atoms with Gasteiger partial charge in [-0.25, -0.2) is 0 Å². The SMILES string of the molecule is Cc1ccc(CC(=O)Nc2n[nH]c(C)c2C)cc1. The van der Waals surface area contributed by atoms with E-state index in [1.807, 2.05) is 45.0 Å². The van der Waals surface area contributed by atoms with E-state index in [4.69, 9.17) is 0 Å². The summed E-state index contributed by atoms with van der Waals surface area (Å²) in [7, 11) is 0. The molecule has 0 saturated heterocycles. The van der Waals surface area contributed by atoms with Crippen LogP contribution in [0.4, 0.5) is 5.82 Å². The Bertz CT molecular complexity index is 555. The molecule has 1 aromatic carbocycles. The van der Waals surface area contributed by atoms with Crippen LogP contribution in [0.1, 0.15) is 22.4 Å². The molecule has 94 valence electrons. The molecular weight excluding hydrogens is 226 g/mol. The lowest BCUT2D eigenvalue weighted by Crippen LogP contribution is -2.15. The monoisotopic (exact) mass is 243 g/mol. The van der Waals surface area contributed by atoms with Gasteiger partial charge in [0.05, 0.1) is 6.42 Å². The lowest BCUT2D eigenvalue weighted by molar-refractivity contribution is -0.115. The van der Waals surface area contributed by atoms with Crippen molar-refractivity contribution in [1.29, 1.82) is 0 Å². The Balaban J connectivity index is 2.01. The first-order chi connectivity index (χ1) is 8.56. The number of rotatable bonds is 3. The van der Waals surface area contributed by atoms with Crippen molar-refractivity contribution in [3.63, 3.8) is 0 Å². The smallest absolute Gasteiger partial charge is 0.230 e. The second-order valence-corrected chi connectivity index (χ2v) is 4.53. The highest BCUT2D eigenvalue weighted by atomic mass is 16.1. The van der Waals surface area contributed by atoms with Gasteiger partial charge in [0.2, 0.25) is 5.91 Å². The van der Waals surface area contributed by atoms with E-state index in [9.17, 15) is 4.79 Å². The van der Waals surface area contributed by atoms with Gasteiger partial charge < -0.3 is 5.32 Å². The molecular formula is C14H17N3O. The van der Waals surface area contributed by atoms with E-state index in [0.717, 1.165) is 16.8 Å². The second-order valence-electron chi connectivity index (χ2n) is 4.53. The van der Waals surface area contributed by atoms with Gasteiger partial charge in [-0.3, -0.25) is 9.89 Å². The molecule has 0 aliphatic rings. The van der Waals surface area contributed by atoms with Crippen LogP contribution in [0.5, 0.6) is 0 Å². The quantitative estimate of drug-likeness (QED) is 0.870. The van der Waals surface area contributed by atoms with E-state index in [1.54, 1.807) is 0 Å². The highest BCUT2D eigenvalue weighted by Crippen LogP contribution is 2.14. The van der Waals surface area contributed by atoms with Gasteiger partial charge in [0, 0.05) is 11.3 Å². The van der Waals surface area contributed by atoms with E-state index >= 15 is 0 Å². The van der Waals surface area contributed by atoms with E-state index in [0.29, 0.717) is 12.2 Å². The molecule has 0 fully saturated rings. The predicted molar refractivity (Wildman–Crippen MR) is 71.6 cm³/mol. The third-order valence-electron chi connectivity index (χ3n) is 3.00. The molecule has 2 rings (SSSR count). The van der Waals surface area contributed by atoms with Crippen LogP contribution < -0.4 is 5.32 Å².